The van der Waals surface area contributed by atoms with Crippen LogP contribution in [0.5, 0.6) is 0 Å². The molecule has 3 heteroatoms. The van der Waals surface area contributed by atoms with Crippen LogP contribution in [-0.2, 0) is 0 Å². The van der Waals surface area contributed by atoms with Gasteiger partial charge in [-0.25, -0.2) is 0 Å². The van der Waals surface area contributed by atoms with Gasteiger partial charge in [0.2, 0.25) is 0 Å². The van der Waals surface area contributed by atoms with Gasteiger partial charge in [0.25, 0.3) is 0 Å². The Bertz CT molecular complexity index is 77.6. The third kappa shape index (κ3) is 4.11. The van der Waals surface area contributed by atoms with Gasteiger partial charge in [-0.15, -0.1) is 0 Å². The van der Waals surface area contributed by atoms with Crippen molar-refractivity contribution < 1.29 is 0 Å². The molecule has 0 aromatic heterocycles. The number of hydrogen-bond acceptors (Lipinski definition) is 2. The lowest BCUT2D eigenvalue weighted by atomic mass is 10.0. The minimum absolute atomic E-state index is 0.406. The molecular formula is C6H15IN2. The molecule has 0 aliphatic carbocycles. The highest BCUT2D eigenvalue weighted by molar-refractivity contribution is 14.1. The van der Waals surface area contributed by atoms with Crippen molar-refractivity contribution in [3.63, 3.8) is 0 Å². The van der Waals surface area contributed by atoms with Crippen LogP contribution in [0.4, 0.5) is 0 Å². The van der Waals surface area contributed by atoms with Crippen LogP contribution in [0, 0.1) is 5.92 Å². The van der Waals surface area contributed by atoms with Crippen LogP contribution >= 0.6 is 22.6 Å². The number of hydrogen-bond donors (Lipinski definition) is 2. The predicted molar refractivity (Wildman–Crippen MR) is 49.2 cm³/mol. The highest BCUT2D eigenvalue weighted by Crippen LogP contribution is 2.20. The van der Waals surface area contributed by atoms with Crippen molar-refractivity contribution >= 4 is 22.6 Å². The fraction of sp³-hybridized carbons (Fsp3) is 1.00. The SMILES string of the molecule is CCCC(C)C(N)(N)I. The van der Waals surface area contributed by atoms with Gasteiger partial charge in [-0.05, 0) is 34.9 Å². The maximum Gasteiger partial charge on any atom is 0.120 e. The Hall–Kier alpha value is 0.650. The third-order valence-electron chi connectivity index (χ3n) is 1.48. The Morgan fingerprint density at radius 1 is 1.56 bits per heavy atom. The predicted octanol–water partition coefficient (Wildman–Crippen LogP) is 1.43. The maximum absolute atomic E-state index is 5.63. The highest BCUT2D eigenvalue weighted by atomic mass is 127. The molecule has 0 rings (SSSR count). The topological polar surface area (TPSA) is 52.0 Å². The average Bonchev–Trinajstić information content (AvgIpc) is 1.64. The molecule has 0 saturated carbocycles. The molecule has 0 fully saturated rings. The van der Waals surface area contributed by atoms with Crippen molar-refractivity contribution in [2.24, 2.45) is 17.4 Å². The van der Waals surface area contributed by atoms with E-state index >= 15 is 0 Å². The molecule has 0 aromatic carbocycles. The van der Waals surface area contributed by atoms with E-state index in [-0.39, 0.29) is 0 Å². The smallest absolute Gasteiger partial charge is 0.120 e. The monoisotopic (exact) mass is 242 g/mol. The molecule has 1 atom stereocenters. The summed E-state index contributed by atoms with van der Waals surface area (Å²) in [5.41, 5.74) is 11.3. The Morgan fingerprint density at radius 2 is 2.00 bits per heavy atom. The van der Waals surface area contributed by atoms with Crippen LogP contribution in [0.1, 0.15) is 26.7 Å². The van der Waals surface area contributed by atoms with Crippen LogP contribution in [-0.4, -0.2) is 3.67 Å². The summed E-state index contributed by atoms with van der Waals surface area (Å²) in [4.78, 5) is 0. The number of rotatable bonds is 3. The van der Waals surface area contributed by atoms with Crippen LogP contribution < -0.4 is 11.5 Å². The second-order valence-corrected chi connectivity index (χ2v) is 4.39. The zero-order valence-corrected chi connectivity index (χ0v) is 8.18. The van der Waals surface area contributed by atoms with E-state index in [1.807, 2.05) is 0 Å². The summed E-state index contributed by atoms with van der Waals surface area (Å²) in [6, 6.07) is 0. The van der Waals surface area contributed by atoms with Crippen LogP contribution in [0.15, 0.2) is 0 Å². The molecule has 0 heterocycles. The molecule has 0 aliphatic heterocycles. The molecule has 4 N–H and O–H groups in total. The molecule has 0 spiro atoms. The Balaban J connectivity index is 3.59. The van der Waals surface area contributed by atoms with E-state index in [0.717, 1.165) is 12.8 Å². The van der Waals surface area contributed by atoms with Crippen molar-refractivity contribution in [2.45, 2.75) is 30.4 Å². The van der Waals surface area contributed by atoms with Gasteiger partial charge in [0.05, 0.1) is 0 Å². The molecule has 56 valence electrons. The van der Waals surface area contributed by atoms with E-state index in [4.69, 9.17) is 11.5 Å². The van der Waals surface area contributed by atoms with Crippen molar-refractivity contribution in [3.8, 4) is 0 Å². The first kappa shape index (κ1) is 9.65. The van der Waals surface area contributed by atoms with E-state index in [2.05, 4.69) is 36.4 Å². The van der Waals surface area contributed by atoms with Gasteiger partial charge in [-0.1, -0.05) is 20.3 Å². The molecule has 2 nitrogen and oxygen atoms in total. The fourth-order valence-electron chi connectivity index (χ4n) is 0.654. The van der Waals surface area contributed by atoms with Crippen molar-refractivity contribution in [1.29, 1.82) is 0 Å². The van der Waals surface area contributed by atoms with E-state index in [1.165, 1.54) is 0 Å². The molecule has 0 bridgehead atoms. The van der Waals surface area contributed by atoms with Gasteiger partial charge >= 0.3 is 0 Å². The summed E-state index contributed by atoms with van der Waals surface area (Å²) < 4.78 is -0.520. The minimum atomic E-state index is -0.520. The first-order chi connectivity index (χ1) is 3.98. The van der Waals surface area contributed by atoms with Gasteiger partial charge in [0.15, 0.2) is 0 Å². The number of nitrogens with two attached hydrogens (primary N) is 2. The Morgan fingerprint density at radius 3 is 2.11 bits per heavy atom. The molecule has 0 aromatic rings. The number of halogens is 1. The maximum atomic E-state index is 5.63. The van der Waals surface area contributed by atoms with Gasteiger partial charge in [0.1, 0.15) is 3.67 Å². The first-order valence-electron chi connectivity index (χ1n) is 3.25. The zero-order chi connectivity index (χ0) is 7.49. The first-order valence-corrected chi connectivity index (χ1v) is 4.33. The van der Waals surface area contributed by atoms with E-state index in [0.29, 0.717) is 5.92 Å². The van der Waals surface area contributed by atoms with Gasteiger partial charge in [-0.2, -0.15) is 0 Å². The summed E-state index contributed by atoms with van der Waals surface area (Å²) >= 11 is 2.08. The normalized spacial score (nSPS) is 15.7. The molecule has 1 unspecified atom stereocenters. The van der Waals surface area contributed by atoms with Gasteiger partial charge in [-0.3, -0.25) is 0 Å². The third-order valence-corrected chi connectivity index (χ3v) is 2.54. The second-order valence-electron chi connectivity index (χ2n) is 2.52. The molecule has 9 heavy (non-hydrogen) atoms. The average molecular weight is 242 g/mol. The molecular weight excluding hydrogens is 227 g/mol. The van der Waals surface area contributed by atoms with Gasteiger partial charge < -0.3 is 11.5 Å². The van der Waals surface area contributed by atoms with E-state index in [1.54, 1.807) is 0 Å². The lowest BCUT2D eigenvalue weighted by molar-refractivity contribution is 0.414. The number of alkyl halides is 1. The standard InChI is InChI=1S/C6H15IN2/c1-3-4-5(2)6(7,8)9/h5H,3-4,8-9H2,1-2H3. The molecule has 0 radical (unpaired) electrons. The van der Waals surface area contributed by atoms with Crippen LogP contribution in [0.2, 0.25) is 0 Å². The lowest BCUT2D eigenvalue weighted by Gasteiger charge is -2.24. The van der Waals surface area contributed by atoms with Crippen molar-refractivity contribution in [1.82, 2.24) is 0 Å². The molecule has 0 amide bonds. The molecule has 0 saturated heterocycles. The van der Waals surface area contributed by atoms with E-state index < -0.39 is 3.67 Å². The van der Waals surface area contributed by atoms with Crippen LogP contribution in [0.3, 0.4) is 0 Å². The van der Waals surface area contributed by atoms with Crippen molar-refractivity contribution in [3.05, 3.63) is 0 Å². The quantitative estimate of drug-likeness (QED) is 0.340. The van der Waals surface area contributed by atoms with Crippen LogP contribution in [0.25, 0.3) is 0 Å². The zero-order valence-electron chi connectivity index (χ0n) is 6.02. The van der Waals surface area contributed by atoms with Crippen molar-refractivity contribution in [2.75, 3.05) is 0 Å². The summed E-state index contributed by atoms with van der Waals surface area (Å²) in [6.45, 7) is 4.22. The molecule has 0 aliphatic rings. The highest BCUT2D eigenvalue weighted by Gasteiger charge is 2.21. The van der Waals surface area contributed by atoms with E-state index in [9.17, 15) is 0 Å². The fourth-order valence-corrected chi connectivity index (χ4v) is 0.966. The van der Waals surface area contributed by atoms with Gasteiger partial charge in [0, 0.05) is 0 Å². The summed E-state index contributed by atoms with van der Waals surface area (Å²) in [7, 11) is 0. The summed E-state index contributed by atoms with van der Waals surface area (Å²) in [5.74, 6) is 0.406. The lowest BCUT2D eigenvalue weighted by Crippen LogP contribution is -2.48. The summed E-state index contributed by atoms with van der Waals surface area (Å²) in [6.07, 6.45) is 2.26. The Labute approximate surface area is 70.5 Å². The minimum Gasteiger partial charge on any atom is -0.305 e. The summed E-state index contributed by atoms with van der Waals surface area (Å²) in [5, 5.41) is 0. The Kier molecular flexibility index (Phi) is 4.00. The largest absolute Gasteiger partial charge is 0.305 e. The second kappa shape index (κ2) is 3.73.